The number of carbonyl (C=O) groups is 4. The molecule has 1 aliphatic rings. The highest BCUT2D eigenvalue weighted by atomic mass is 33.1. The van der Waals surface area contributed by atoms with Crippen LogP contribution in [0.25, 0.3) is 0 Å². The van der Waals surface area contributed by atoms with Crippen LogP contribution >= 0.6 is 21.6 Å². The predicted molar refractivity (Wildman–Crippen MR) is 204 cm³/mol. The Morgan fingerprint density at radius 3 is 2.06 bits per heavy atom. The monoisotopic (exact) mass is 719 g/mol. The molecular weight excluding hydrogens is 659 g/mol. The molecule has 2 N–H and O–H groups in total. The molecule has 0 aliphatic carbocycles. The largest absolute Gasteiger partial charge is 0.481 e. The average molecular weight is 720 g/mol. The van der Waals surface area contributed by atoms with Crippen molar-refractivity contribution < 1.29 is 33.8 Å². The summed E-state index contributed by atoms with van der Waals surface area (Å²) in [6.45, 7) is 9.63. The van der Waals surface area contributed by atoms with Crippen molar-refractivity contribution in [2.45, 2.75) is 135 Å². The van der Waals surface area contributed by atoms with E-state index in [1.807, 2.05) is 21.6 Å². The summed E-state index contributed by atoms with van der Waals surface area (Å²) in [6, 6.07) is 0. The summed E-state index contributed by atoms with van der Waals surface area (Å²) in [5.41, 5.74) is 0.180. The number of aliphatic carboxylic acids is 1. The van der Waals surface area contributed by atoms with Crippen LogP contribution < -0.4 is 5.32 Å². The molecule has 0 aromatic carbocycles. The van der Waals surface area contributed by atoms with Crippen molar-refractivity contribution >= 4 is 45.4 Å². The second-order valence-electron chi connectivity index (χ2n) is 13.4. The van der Waals surface area contributed by atoms with Crippen LogP contribution in [0.15, 0.2) is 60.3 Å². The van der Waals surface area contributed by atoms with Gasteiger partial charge < -0.3 is 19.9 Å². The van der Waals surface area contributed by atoms with Gasteiger partial charge >= 0.3 is 17.9 Å². The maximum atomic E-state index is 13.0. The Morgan fingerprint density at radius 1 is 0.857 bits per heavy atom. The van der Waals surface area contributed by atoms with Crippen molar-refractivity contribution in [3.05, 3.63) is 60.3 Å². The number of carboxylic acids is 1. The number of carboxylic acid groups (broad SMARTS) is 1. The number of carbonyl (C=O) groups excluding carboxylic acids is 3. The summed E-state index contributed by atoms with van der Waals surface area (Å²) >= 11 is 0. The van der Waals surface area contributed by atoms with Gasteiger partial charge in [0.15, 0.2) is 6.10 Å². The Bertz CT molecular complexity index is 1150. The van der Waals surface area contributed by atoms with Crippen LogP contribution in [0.4, 0.5) is 0 Å². The molecule has 10 heteroatoms. The smallest absolute Gasteiger partial charge is 0.306 e. The van der Waals surface area contributed by atoms with Gasteiger partial charge in [-0.05, 0) is 78.1 Å². The topological polar surface area (TPSA) is 119 Å². The molecule has 1 heterocycles. The first kappa shape index (κ1) is 44.3. The number of esters is 2. The van der Waals surface area contributed by atoms with Crippen LogP contribution in [-0.2, 0) is 28.7 Å². The molecule has 0 saturated carbocycles. The lowest BCUT2D eigenvalue weighted by molar-refractivity contribution is -0.169. The first-order valence-electron chi connectivity index (χ1n) is 17.8. The number of rotatable bonds is 26. The minimum Gasteiger partial charge on any atom is -0.481 e. The number of amides is 1. The van der Waals surface area contributed by atoms with Gasteiger partial charge in [-0.2, -0.15) is 0 Å². The highest BCUT2D eigenvalue weighted by Gasteiger charge is 2.40. The van der Waals surface area contributed by atoms with Gasteiger partial charge in [0.1, 0.15) is 6.61 Å². The van der Waals surface area contributed by atoms with Gasteiger partial charge in [0.05, 0.1) is 6.42 Å². The second-order valence-corrected chi connectivity index (χ2v) is 16.4. The van der Waals surface area contributed by atoms with Crippen LogP contribution in [0, 0.1) is 5.41 Å². The minimum absolute atomic E-state index is 0.0957. The zero-order chi connectivity index (χ0) is 36.4. The van der Waals surface area contributed by atoms with Crippen molar-refractivity contribution in [2.75, 3.05) is 18.9 Å². The summed E-state index contributed by atoms with van der Waals surface area (Å²) in [5, 5.41) is 11.5. The summed E-state index contributed by atoms with van der Waals surface area (Å²) in [6.07, 6.45) is 28.3. The molecule has 276 valence electrons. The molecular formula is C39H61NO7S2. The van der Waals surface area contributed by atoms with Gasteiger partial charge in [-0.25, -0.2) is 0 Å². The Balaban J connectivity index is 2.47. The van der Waals surface area contributed by atoms with E-state index in [-0.39, 0.29) is 43.1 Å². The van der Waals surface area contributed by atoms with Crippen molar-refractivity contribution in [1.82, 2.24) is 5.32 Å². The fourth-order valence-corrected chi connectivity index (χ4v) is 8.23. The van der Waals surface area contributed by atoms with Gasteiger partial charge in [0.25, 0.3) is 5.91 Å². The molecule has 1 amide bonds. The van der Waals surface area contributed by atoms with E-state index in [9.17, 15) is 19.2 Å². The van der Waals surface area contributed by atoms with Crippen molar-refractivity contribution in [2.24, 2.45) is 5.41 Å². The van der Waals surface area contributed by atoms with E-state index >= 15 is 0 Å². The fourth-order valence-electron chi connectivity index (χ4n) is 4.93. The van der Waals surface area contributed by atoms with Gasteiger partial charge in [0.2, 0.25) is 0 Å². The number of unbranched alkanes of at least 4 members (excludes halogenated alkanes) is 1. The lowest BCUT2D eigenvalue weighted by Gasteiger charge is -2.32. The molecule has 1 fully saturated rings. The fraction of sp³-hybridized carbons (Fsp3) is 0.641. The number of allylic oxidation sites excluding steroid dienone is 10. The van der Waals surface area contributed by atoms with Crippen LogP contribution in [0.3, 0.4) is 0 Å². The third kappa shape index (κ3) is 22.6. The van der Waals surface area contributed by atoms with Gasteiger partial charge in [-0.15, -0.1) is 0 Å². The zero-order valence-corrected chi connectivity index (χ0v) is 32.1. The minimum atomic E-state index is -1.23. The molecule has 1 rings (SSSR count). The molecule has 2 atom stereocenters. The molecule has 1 saturated heterocycles. The summed E-state index contributed by atoms with van der Waals surface area (Å²) in [4.78, 5) is 49.3. The van der Waals surface area contributed by atoms with E-state index in [4.69, 9.17) is 14.6 Å². The molecule has 1 aliphatic heterocycles. The Labute approximate surface area is 303 Å². The van der Waals surface area contributed by atoms with Gasteiger partial charge in [-0.1, -0.05) is 109 Å². The molecule has 2 unspecified atom stereocenters. The highest BCUT2D eigenvalue weighted by Crippen LogP contribution is 2.49. The summed E-state index contributed by atoms with van der Waals surface area (Å²) < 4.78 is 11.4. The van der Waals surface area contributed by atoms with Crippen LogP contribution in [-0.4, -0.2) is 58.7 Å². The average Bonchev–Trinajstić information content (AvgIpc) is 3.49. The van der Waals surface area contributed by atoms with E-state index < -0.39 is 29.4 Å². The van der Waals surface area contributed by atoms with Gasteiger partial charge in [0, 0.05) is 35.3 Å². The normalized spacial score (nSPS) is 17.8. The number of hydrogen-bond donors (Lipinski definition) is 2. The van der Waals surface area contributed by atoms with E-state index in [2.05, 4.69) is 80.8 Å². The van der Waals surface area contributed by atoms with E-state index in [1.54, 1.807) is 13.8 Å². The molecule has 0 aromatic heterocycles. The molecule has 49 heavy (non-hydrogen) atoms. The van der Waals surface area contributed by atoms with Crippen LogP contribution in [0.5, 0.6) is 0 Å². The van der Waals surface area contributed by atoms with Crippen LogP contribution in [0.2, 0.25) is 0 Å². The standard InChI is InChI=1S/C39H61NO7S2/c1-6-7-8-9-10-11-12-13-14-15-16-17-18-22-32(2)23-21-25-34(43)46-31-38(3,4)36(37(45)40-29-26-33(41)42)47-35(44)24-19-20-27-39(5)28-30-48-49-39/h7-8,10-11,13-14,16-17,22,36H,6,9,12,15,18-21,23-31H2,1-5H3,(H,40,45)(H,41,42). The second kappa shape index (κ2) is 26.1. The lowest BCUT2D eigenvalue weighted by Crippen LogP contribution is -2.49. The Kier molecular flexibility index (Phi) is 23.6. The molecule has 0 spiro atoms. The highest BCUT2D eigenvalue weighted by molar-refractivity contribution is 8.77. The lowest BCUT2D eigenvalue weighted by atomic mass is 9.86. The first-order valence-corrected chi connectivity index (χ1v) is 20.1. The number of nitrogens with one attached hydrogen (secondary N) is 1. The Morgan fingerprint density at radius 2 is 1.47 bits per heavy atom. The Hall–Kier alpha value is -2.72. The third-order valence-corrected chi connectivity index (χ3v) is 11.4. The SMILES string of the molecule is CCC=CCC=CCC=CCC=CCC=C(C)CCCC(=O)OCC(C)(C)C(OC(=O)CCCCC1(C)CCSS1)C(=O)NCCC(=O)O. The maximum Gasteiger partial charge on any atom is 0.306 e. The molecule has 8 nitrogen and oxygen atoms in total. The van der Waals surface area contributed by atoms with Crippen molar-refractivity contribution in [1.29, 1.82) is 0 Å². The molecule has 0 bridgehead atoms. The number of ether oxygens (including phenoxy) is 2. The van der Waals surface area contributed by atoms with E-state index in [0.29, 0.717) is 12.8 Å². The first-order chi connectivity index (χ1) is 23.4. The van der Waals surface area contributed by atoms with Crippen molar-refractivity contribution in [3.63, 3.8) is 0 Å². The summed E-state index contributed by atoms with van der Waals surface area (Å²) in [7, 11) is 3.80. The van der Waals surface area contributed by atoms with Crippen molar-refractivity contribution in [3.8, 4) is 0 Å². The number of hydrogen-bond acceptors (Lipinski definition) is 8. The van der Waals surface area contributed by atoms with Crippen LogP contribution in [0.1, 0.15) is 125 Å². The zero-order valence-electron chi connectivity index (χ0n) is 30.5. The van der Waals surface area contributed by atoms with E-state index in [0.717, 1.165) is 63.5 Å². The maximum absolute atomic E-state index is 13.0. The quantitative estimate of drug-likeness (QED) is 0.0390. The molecule has 0 radical (unpaired) electrons. The third-order valence-electron chi connectivity index (χ3n) is 8.02. The summed E-state index contributed by atoms with van der Waals surface area (Å²) in [5.74, 6) is -1.38. The van der Waals surface area contributed by atoms with E-state index in [1.165, 1.54) is 5.57 Å². The predicted octanol–water partition coefficient (Wildman–Crippen LogP) is 9.47. The molecule has 0 aromatic rings. The van der Waals surface area contributed by atoms with Gasteiger partial charge in [-0.3, -0.25) is 19.2 Å².